The zero-order valence-electron chi connectivity index (χ0n) is 30.0. The molecular formula is C40H50ClFN6O2. The van der Waals surface area contributed by atoms with Gasteiger partial charge in [0.2, 0.25) is 17.6 Å². The summed E-state index contributed by atoms with van der Waals surface area (Å²) < 4.78 is 22.1. The van der Waals surface area contributed by atoms with Crippen molar-refractivity contribution in [3.8, 4) is 0 Å². The number of benzene rings is 2. The number of anilines is 2. The smallest absolute Gasteiger partial charge is 0.234 e. The number of piperazine rings is 1. The van der Waals surface area contributed by atoms with Crippen molar-refractivity contribution in [1.29, 1.82) is 0 Å². The lowest BCUT2D eigenvalue weighted by atomic mass is 9.90. The predicted molar refractivity (Wildman–Crippen MR) is 202 cm³/mol. The van der Waals surface area contributed by atoms with Gasteiger partial charge in [-0.25, -0.2) is 4.39 Å². The first-order chi connectivity index (χ1) is 24.2. The van der Waals surface area contributed by atoms with Gasteiger partial charge in [0.1, 0.15) is 5.82 Å². The highest BCUT2D eigenvalue weighted by molar-refractivity contribution is 6.30. The van der Waals surface area contributed by atoms with E-state index in [1.165, 1.54) is 5.57 Å². The number of hydrogen-bond donors (Lipinski definition) is 1. The number of fused-ring (bicyclic) bond motifs is 1. The Morgan fingerprint density at radius 2 is 1.82 bits per heavy atom. The second-order valence-corrected chi connectivity index (χ2v) is 13.3. The molecule has 1 saturated heterocycles. The van der Waals surface area contributed by atoms with Gasteiger partial charge in [-0.1, -0.05) is 73.5 Å². The first kappa shape index (κ1) is 37.1. The van der Waals surface area contributed by atoms with Crippen LogP contribution in [-0.2, 0) is 11.3 Å². The number of nitrogens with zero attached hydrogens (tertiary/aromatic N) is 5. The van der Waals surface area contributed by atoms with E-state index in [9.17, 15) is 4.79 Å². The molecule has 0 spiro atoms. The lowest BCUT2D eigenvalue weighted by molar-refractivity contribution is -0.118. The van der Waals surface area contributed by atoms with E-state index in [-0.39, 0.29) is 24.1 Å². The Balaban J connectivity index is 0.00000239. The Bertz CT molecular complexity index is 1760. The minimum absolute atomic E-state index is 0.191. The summed E-state index contributed by atoms with van der Waals surface area (Å²) in [4.78, 5) is 23.2. The average molecular weight is 701 g/mol. The van der Waals surface area contributed by atoms with E-state index >= 15 is 4.39 Å². The second-order valence-electron chi connectivity index (χ2n) is 12.9. The maximum Gasteiger partial charge on any atom is 0.234 e. The summed E-state index contributed by atoms with van der Waals surface area (Å²) in [5.74, 6) is 0.200. The van der Waals surface area contributed by atoms with Crippen molar-refractivity contribution >= 4 is 40.0 Å². The molecule has 50 heavy (non-hydrogen) atoms. The average Bonchev–Trinajstić information content (AvgIpc) is 3.83. The fourth-order valence-electron chi connectivity index (χ4n) is 6.65. The molecular weight excluding hydrogens is 651 g/mol. The number of carbonyl (C=O) groups excluding carboxylic acids is 1. The van der Waals surface area contributed by atoms with Gasteiger partial charge in [0, 0.05) is 61.5 Å². The molecule has 6 rings (SSSR count). The summed E-state index contributed by atoms with van der Waals surface area (Å²) in [6.45, 7) is 11.9. The molecule has 2 aromatic carbocycles. The number of aromatic nitrogens is 2. The number of hydrogen-bond acceptors (Lipinski definition) is 7. The van der Waals surface area contributed by atoms with Crippen LogP contribution in [0.4, 0.5) is 15.8 Å². The first-order valence-corrected chi connectivity index (χ1v) is 18.3. The van der Waals surface area contributed by atoms with Gasteiger partial charge in [-0.15, -0.1) is 0 Å². The number of nitrogens with two attached hydrogens (primary N) is 1. The van der Waals surface area contributed by atoms with E-state index in [1.807, 2.05) is 57.2 Å². The fraction of sp³-hybridized carbons (Fsp3) is 0.425. The van der Waals surface area contributed by atoms with Crippen LogP contribution < -0.4 is 15.5 Å². The Morgan fingerprint density at radius 1 is 1.10 bits per heavy atom. The van der Waals surface area contributed by atoms with Crippen LogP contribution in [0.2, 0.25) is 5.02 Å². The van der Waals surface area contributed by atoms with Crippen molar-refractivity contribution in [3.05, 3.63) is 106 Å². The third-order valence-corrected chi connectivity index (χ3v) is 9.51. The highest BCUT2D eigenvalue weighted by atomic mass is 35.5. The lowest BCUT2D eigenvalue weighted by Crippen LogP contribution is -2.44. The Hall–Kier alpha value is -4.21. The number of likely N-dealkylation sites (N-methyl/N-ethyl adjacent to an activating group) is 1. The summed E-state index contributed by atoms with van der Waals surface area (Å²) in [6, 6.07) is 11.5. The molecule has 1 unspecified atom stereocenters. The van der Waals surface area contributed by atoms with E-state index < -0.39 is 0 Å². The zero-order valence-corrected chi connectivity index (χ0v) is 30.8. The van der Waals surface area contributed by atoms with E-state index in [0.717, 1.165) is 79.0 Å². The van der Waals surface area contributed by atoms with Gasteiger partial charge in [-0.05, 0) is 87.1 Å². The van der Waals surface area contributed by atoms with Crippen LogP contribution in [-0.4, -0.2) is 54.2 Å². The lowest BCUT2D eigenvalue weighted by Gasteiger charge is -2.36. The molecule has 1 saturated carbocycles. The van der Waals surface area contributed by atoms with Crippen LogP contribution in [0.3, 0.4) is 0 Å². The SMILES string of the molecule is C/C=C\C(=C/CC)C(CCCC(N)=O)c1nc(C2=CN(Cc3ccc(Cl)cc3)c3cc(N4CCN(C)CC4)c(F)cc3C2=C2CC2)no1.CC. The third kappa shape index (κ3) is 8.74. The van der Waals surface area contributed by atoms with Crippen LogP contribution in [0.25, 0.3) is 11.1 Å². The van der Waals surface area contributed by atoms with Crippen molar-refractivity contribution in [1.82, 2.24) is 15.0 Å². The molecule has 8 nitrogen and oxygen atoms in total. The van der Waals surface area contributed by atoms with Crippen LogP contribution >= 0.6 is 11.6 Å². The van der Waals surface area contributed by atoms with Crippen LogP contribution in [0.1, 0.15) is 95.0 Å². The van der Waals surface area contributed by atoms with Crippen LogP contribution in [0.15, 0.2) is 76.5 Å². The molecule has 2 aliphatic heterocycles. The minimum atomic E-state index is -0.331. The van der Waals surface area contributed by atoms with Gasteiger partial charge in [0.05, 0.1) is 17.3 Å². The molecule has 1 atom stereocenters. The largest absolute Gasteiger partial charge is 0.370 e. The number of primary amides is 1. The van der Waals surface area contributed by atoms with Gasteiger partial charge in [-0.2, -0.15) is 4.98 Å². The normalized spacial score (nSPS) is 17.0. The van der Waals surface area contributed by atoms with Crippen LogP contribution in [0, 0.1) is 5.82 Å². The highest BCUT2D eigenvalue weighted by Crippen LogP contribution is 2.50. The molecule has 266 valence electrons. The zero-order chi connectivity index (χ0) is 35.8. The van der Waals surface area contributed by atoms with E-state index in [2.05, 4.69) is 52.2 Å². The Morgan fingerprint density at radius 3 is 2.46 bits per heavy atom. The predicted octanol–water partition coefficient (Wildman–Crippen LogP) is 8.90. The van der Waals surface area contributed by atoms with E-state index in [1.54, 1.807) is 6.07 Å². The number of halogens is 2. The van der Waals surface area contributed by atoms with Crippen molar-refractivity contribution in [2.24, 2.45) is 5.73 Å². The van der Waals surface area contributed by atoms with Gasteiger partial charge in [0.15, 0.2) is 0 Å². The van der Waals surface area contributed by atoms with Gasteiger partial charge < -0.3 is 25.0 Å². The number of allylic oxidation sites excluding steroid dienone is 7. The second kappa shape index (κ2) is 17.1. The van der Waals surface area contributed by atoms with E-state index in [4.69, 9.17) is 26.8 Å². The number of amides is 1. The van der Waals surface area contributed by atoms with Crippen molar-refractivity contribution in [2.75, 3.05) is 43.0 Å². The fourth-order valence-corrected chi connectivity index (χ4v) is 6.77. The summed E-state index contributed by atoms with van der Waals surface area (Å²) in [5.41, 5.74) is 13.1. The van der Waals surface area contributed by atoms with Crippen molar-refractivity contribution < 1.29 is 13.7 Å². The molecule has 3 aromatic rings. The summed E-state index contributed by atoms with van der Waals surface area (Å²) >= 11 is 6.23. The maximum absolute atomic E-state index is 16.1. The van der Waals surface area contributed by atoms with Crippen molar-refractivity contribution in [2.45, 2.75) is 78.7 Å². The van der Waals surface area contributed by atoms with Crippen LogP contribution in [0.5, 0.6) is 0 Å². The number of carbonyl (C=O) groups is 1. The monoisotopic (exact) mass is 700 g/mol. The molecule has 3 heterocycles. The molecule has 10 heteroatoms. The third-order valence-electron chi connectivity index (χ3n) is 9.26. The first-order valence-electron chi connectivity index (χ1n) is 17.9. The molecule has 0 radical (unpaired) electrons. The quantitative estimate of drug-likeness (QED) is 0.189. The minimum Gasteiger partial charge on any atom is -0.370 e. The topological polar surface area (TPSA) is 91.7 Å². The molecule has 3 aliphatic rings. The molecule has 1 aromatic heterocycles. The number of rotatable bonds is 12. The standard InChI is InChI=1S/C38H44ClFN6O2.C2H6/c1-4-7-26(8-5-2)29(9-6-10-35(41)47)38-42-37(43-48-38)31-24-46(23-25-11-15-28(39)16-12-25)33-22-34(45-19-17-44(3)18-20-45)32(40)21-30(33)36(31)27-13-14-27;1-2/h4,7-8,11-12,15-16,21-22,24,29H,5-6,9-10,13-14,17-20,23H2,1-3H3,(H2,41,47);1-2H3/b7-4-,26-8+;. The highest BCUT2D eigenvalue weighted by Gasteiger charge is 2.34. The molecule has 1 aliphatic carbocycles. The van der Waals surface area contributed by atoms with E-state index in [0.29, 0.717) is 41.8 Å². The molecule has 0 bridgehead atoms. The molecule has 2 fully saturated rings. The summed E-state index contributed by atoms with van der Waals surface area (Å²) in [7, 11) is 2.10. The Labute approximate surface area is 301 Å². The Kier molecular flexibility index (Phi) is 12.7. The maximum atomic E-state index is 16.1. The summed E-state index contributed by atoms with van der Waals surface area (Å²) in [6.07, 6.45) is 12.5. The van der Waals surface area contributed by atoms with Gasteiger partial charge in [0.25, 0.3) is 0 Å². The summed E-state index contributed by atoms with van der Waals surface area (Å²) in [5, 5.41) is 5.21. The molecule has 2 N–H and O–H groups in total. The molecule has 1 amide bonds. The van der Waals surface area contributed by atoms with Gasteiger partial charge in [-0.3, -0.25) is 4.79 Å². The van der Waals surface area contributed by atoms with Crippen molar-refractivity contribution in [3.63, 3.8) is 0 Å². The van der Waals surface area contributed by atoms with Gasteiger partial charge >= 0.3 is 0 Å².